The van der Waals surface area contributed by atoms with E-state index < -0.39 is 18.5 Å². The van der Waals surface area contributed by atoms with Crippen molar-refractivity contribution in [2.75, 3.05) is 33.3 Å². The first-order valence-electron chi connectivity index (χ1n) is 5.86. The molecule has 21 heavy (non-hydrogen) atoms. The van der Waals surface area contributed by atoms with Gasteiger partial charge in [-0.25, -0.2) is 0 Å². The summed E-state index contributed by atoms with van der Waals surface area (Å²) in [6, 6.07) is 2.80. The fourth-order valence-electron chi connectivity index (χ4n) is 1.69. The maximum absolute atomic E-state index is 12.3. The zero-order valence-electron chi connectivity index (χ0n) is 12.1. The maximum atomic E-state index is 12.3. The summed E-state index contributed by atoms with van der Waals surface area (Å²) in [6.45, 7) is 0. The van der Waals surface area contributed by atoms with Crippen LogP contribution in [0, 0.1) is 0 Å². The molecule has 1 rings (SSSR count). The molecule has 1 amide bonds. The number of hydrogen-bond donors (Lipinski definition) is 0. The largest absolute Gasteiger partial charge is 0.493 e. The van der Waals surface area contributed by atoms with Crippen LogP contribution in [0.15, 0.2) is 12.1 Å². The Hall–Kier alpha value is -2.12. The second-order valence-electron chi connectivity index (χ2n) is 4.13. The minimum atomic E-state index is -4.56. The van der Waals surface area contributed by atoms with Crippen LogP contribution in [0.5, 0.6) is 17.2 Å². The lowest BCUT2D eigenvalue weighted by Gasteiger charge is -2.21. The summed E-state index contributed by atoms with van der Waals surface area (Å²) in [7, 11) is 5.39. The van der Waals surface area contributed by atoms with E-state index in [0.717, 1.165) is 4.90 Å². The van der Waals surface area contributed by atoms with E-state index in [1.165, 1.54) is 40.5 Å². The molecule has 1 aromatic rings. The van der Waals surface area contributed by atoms with Gasteiger partial charge in [-0.1, -0.05) is 0 Å². The molecule has 0 spiro atoms. The van der Waals surface area contributed by atoms with E-state index >= 15 is 0 Å². The third-order valence-electron chi connectivity index (χ3n) is 2.76. The lowest BCUT2D eigenvalue weighted by molar-refractivity contribution is -0.151. The molecule has 0 fully saturated rings. The van der Waals surface area contributed by atoms with E-state index in [2.05, 4.69) is 0 Å². The highest BCUT2D eigenvalue weighted by atomic mass is 19.4. The molecule has 8 heteroatoms. The second-order valence-corrected chi connectivity index (χ2v) is 4.13. The lowest BCUT2D eigenvalue weighted by atomic mass is 10.2. The Morgan fingerprint density at radius 1 is 1.10 bits per heavy atom. The van der Waals surface area contributed by atoms with E-state index in [0.29, 0.717) is 5.75 Å². The van der Waals surface area contributed by atoms with Gasteiger partial charge in [0.1, 0.15) is 6.42 Å². The number of anilines is 1. The fraction of sp³-hybridized carbons (Fsp3) is 0.462. The van der Waals surface area contributed by atoms with Crippen molar-refractivity contribution in [1.29, 1.82) is 0 Å². The Balaban J connectivity index is 3.15. The zero-order chi connectivity index (χ0) is 16.2. The van der Waals surface area contributed by atoms with Crippen molar-refractivity contribution < 1.29 is 32.2 Å². The van der Waals surface area contributed by atoms with Gasteiger partial charge in [0.2, 0.25) is 11.7 Å². The van der Waals surface area contributed by atoms with Crippen LogP contribution in [0.25, 0.3) is 0 Å². The summed E-state index contributed by atoms with van der Waals surface area (Å²) in [5.41, 5.74) is 0.207. The quantitative estimate of drug-likeness (QED) is 0.839. The van der Waals surface area contributed by atoms with Gasteiger partial charge in [-0.2, -0.15) is 13.2 Å². The highest BCUT2D eigenvalue weighted by molar-refractivity contribution is 5.94. The Kier molecular flexibility index (Phi) is 5.28. The molecular formula is C13H16F3NO4. The Bertz CT molecular complexity index is 492. The molecule has 0 bridgehead atoms. The molecule has 1 aromatic carbocycles. The first kappa shape index (κ1) is 16.9. The van der Waals surface area contributed by atoms with Crippen molar-refractivity contribution in [2.24, 2.45) is 0 Å². The first-order valence-corrected chi connectivity index (χ1v) is 5.86. The van der Waals surface area contributed by atoms with Crippen LogP contribution in [0.3, 0.4) is 0 Å². The van der Waals surface area contributed by atoms with Gasteiger partial charge in [-0.3, -0.25) is 4.79 Å². The molecule has 0 atom stereocenters. The molecule has 0 N–H and O–H groups in total. The van der Waals surface area contributed by atoms with Crippen molar-refractivity contribution in [3.05, 3.63) is 12.1 Å². The molecule has 0 unspecified atom stereocenters. The van der Waals surface area contributed by atoms with Gasteiger partial charge in [0, 0.05) is 19.2 Å². The average Bonchev–Trinajstić information content (AvgIpc) is 2.42. The van der Waals surface area contributed by atoms with Gasteiger partial charge < -0.3 is 19.1 Å². The van der Waals surface area contributed by atoms with Crippen molar-refractivity contribution in [2.45, 2.75) is 12.6 Å². The summed E-state index contributed by atoms with van der Waals surface area (Å²) in [4.78, 5) is 12.5. The van der Waals surface area contributed by atoms with E-state index in [-0.39, 0.29) is 17.2 Å². The van der Waals surface area contributed by atoms with Gasteiger partial charge in [0.05, 0.1) is 27.0 Å². The zero-order valence-corrected chi connectivity index (χ0v) is 12.1. The molecule has 0 aliphatic rings. The van der Waals surface area contributed by atoms with Crippen LogP contribution >= 0.6 is 0 Å². The van der Waals surface area contributed by atoms with E-state index in [1.807, 2.05) is 0 Å². The SMILES string of the molecule is COc1cc(N(C)C(=O)CC(F)(F)F)cc(OC)c1OC. The number of carbonyl (C=O) groups is 1. The summed E-state index contributed by atoms with van der Waals surface area (Å²) in [5, 5.41) is 0. The van der Waals surface area contributed by atoms with Gasteiger partial charge in [0.15, 0.2) is 11.5 Å². The Morgan fingerprint density at radius 2 is 1.57 bits per heavy atom. The van der Waals surface area contributed by atoms with E-state index in [4.69, 9.17) is 14.2 Å². The number of nitrogens with zero attached hydrogens (tertiary/aromatic N) is 1. The molecule has 0 heterocycles. The lowest BCUT2D eigenvalue weighted by Crippen LogP contribution is -2.30. The van der Waals surface area contributed by atoms with Crippen molar-refractivity contribution in [3.63, 3.8) is 0 Å². The van der Waals surface area contributed by atoms with Crippen molar-refractivity contribution >= 4 is 11.6 Å². The van der Waals surface area contributed by atoms with Gasteiger partial charge in [0.25, 0.3) is 0 Å². The smallest absolute Gasteiger partial charge is 0.397 e. The van der Waals surface area contributed by atoms with Crippen molar-refractivity contribution in [3.8, 4) is 17.2 Å². The molecule has 118 valence electrons. The number of methoxy groups -OCH3 is 3. The van der Waals surface area contributed by atoms with Crippen LogP contribution in [0.1, 0.15) is 6.42 Å². The number of rotatable bonds is 5. The maximum Gasteiger partial charge on any atom is 0.397 e. The Morgan fingerprint density at radius 3 is 1.90 bits per heavy atom. The highest BCUT2D eigenvalue weighted by Gasteiger charge is 2.33. The van der Waals surface area contributed by atoms with Crippen molar-refractivity contribution in [1.82, 2.24) is 0 Å². The molecule has 5 nitrogen and oxygen atoms in total. The summed E-state index contributed by atoms with van der Waals surface area (Å²) < 4.78 is 52.1. The number of carbonyl (C=O) groups excluding carboxylic acids is 1. The van der Waals surface area contributed by atoms with Crippen LogP contribution in [-0.4, -0.2) is 40.5 Å². The predicted molar refractivity (Wildman–Crippen MR) is 70.2 cm³/mol. The Labute approximate surface area is 120 Å². The number of ether oxygens (including phenoxy) is 3. The predicted octanol–water partition coefficient (Wildman–Crippen LogP) is 2.63. The molecule has 0 saturated heterocycles. The third-order valence-corrected chi connectivity index (χ3v) is 2.76. The number of benzene rings is 1. The summed E-state index contributed by atoms with van der Waals surface area (Å²) in [5.74, 6) is -0.297. The molecular weight excluding hydrogens is 291 g/mol. The minimum absolute atomic E-state index is 0.207. The van der Waals surface area contributed by atoms with Gasteiger partial charge in [-0.15, -0.1) is 0 Å². The fourth-order valence-corrected chi connectivity index (χ4v) is 1.69. The molecule has 0 aliphatic carbocycles. The topological polar surface area (TPSA) is 48.0 Å². The number of halogens is 3. The van der Waals surface area contributed by atoms with Crippen LogP contribution in [0.2, 0.25) is 0 Å². The van der Waals surface area contributed by atoms with Gasteiger partial charge in [-0.05, 0) is 0 Å². The number of alkyl halides is 3. The standard InChI is InChI=1S/C13H16F3NO4/c1-17(11(18)7-13(14,15)16)8-5-9(19-2)12(21-4)10(6-8)20-3/h5-6H,7H2,1-4H3. The van der Waals surface area contributed by atoms with Crippen LogP contribution in [-0.2, 0) is 4.79 Å². The van der Waals surface area contributed by atoms with Crippen LogP contribution < -0.4 is 19.1 Å². The third kappa shape index (κ3) is 4.17. The summed E-state index contributed by atoms with van der Waals surface area (Å²) >= 11 is 0. The second kappa shape index (κ2) is 6.55. The molecule has 0 aromatic heterocycles. The monoisotopic (exact) mass is 307 g/mol. The summed E-state index contributed by atoms with van der Waals surface area (Å²) in [6.07, 6.45) is -6.11. The van der Waals surface area contributed by atoms with E-state index in [9.17, 15) is 18.0 Å². The van der Waals surface area contributed by atoms with Crippen LogP contribution in [0.4, 0.5) is 18.9 Å². The number of hydrogen-bond acceptors (Lipinski definition) is 4. The molecule has 0 radical (unpaired) electrons. The molecule has 0 aliphatic heterocycles. The molecule has 0 saturated carbocycles. The van der Waals surface area contributed by atoms with Gasteiger partial charge >= 0.3 is 6.18 Å². The average molecular weight is 307 g/mol. The highest BCUT2D eigenvalue weighted by Crippen LogP contribution is 2.41. The minimum Gasteiger partial charge on any atom is -0.493 e. The normalized spacial score (nSPS) is 11.0. The van der Waals surface area contributed by atoms with E-state index in [1.54, 1.807) is 0 Å². The first-order chi connectivity index (χ1) is 9.73. The number of amides is 1.